The zero-order chi connectivity index (χ0) is 15.4. The lowest BCUT2D eigenvalue weighted by atomic mass is 10.2. The van der Waals surface area contributed by atoms with E-state index >= 15 is 0 Å². The van der Waals surface area contributed by atoms with Crippen molar-refractivity contribution in [1.29, 1.82) is 0 Å². The summed E-state index contributed by atoms with van der Waals surface area (Å²) < 4.78 is 16.3. The Hall–Kier alpha value is -1.90. The van der Waals surface area contributed by atoms with Crippen molar-refractivity contribution in [3.8, 4) is 5.75 Å². The van der Waals surface area contributed by atoms with Gasteiger partial charge in [-0.2, -0.15) is 4.98 Å². The maximum Gasteiger partial charge on any atom is 0.308 e. The van der Waals surface area contributed by atoms with Gasteiger partial charge in [0.1, 0.15) is 12.0 Å². The minimum Gasteiger partial charge on any atom is -0.610 e. The van der Waals surface area contributed by atoms with E-state index in [1.807, 2.05) is 0 Å². The number of para-hydroxylation sites is 1. The highest BCUT2D eigenvalue weighted by atomic mass is 32.2. The molecule has 8 heteroatoms. The number of nitrogens with zero attached hydrogens (tertiary/aromatic N) is 1. The second-order valence-corrected chi connectivity index (χ2v) is 6.17. The summed E-state index contributed by atoms with van der Waals surface area (Å²) in [5.41, 5.74) is 0.224. The van der Waals surface area contributed by atoms with Crippen molar-refractivity contribution in [2.45, 2.75) is 11.9 Å². The first-order chi connectivity index (χ1) is 9.97. The molecule has 0 saturated carbocycles. The van der Waals surface area contributed by atoms with E-state index in [1.54, 1.807) is 23.6 Å². The lowest BCUT2D eigenvalue weighted by molar-refractivity contribution is -0.131. The van der Waals surface area contributed by atoms with Crippen LogP contribution in [0.5, 0.6) is 5.75 Å². The molecule has 1 amide bonds. The predicted octanol–water partition coefficient (Wildman–Crippen LogP) is 2.06. The Balaban J connectivity index is 2.18. The van der Waals surface area contributed by atoms with E-state index in [1.165, 1.54) is 30.6 Å². The Bertz CT molecular complexity index is 670. The van der Waals surface area contributed by atoms with Gasteiger partial charge in [-0.25, -0.2) is 0 Å². The van der Waals surface area contributed by atoms with Gasteiger partial charge in [-0.3, -0.25) is 14.9 Å². The standard InChI is InChI=1S/C13H12N2O4S2/c1-8(16)19-10-6-4-3-5-9(10)12(17)15-13-14-11(7-20-13)21(2)18/h3-7H,1-2H3,(H,14,15,17). The average Bonchev–Trinajstić information content (AvgIpc) is 2.87. The number of hydrogen-bond donors (Lipinski definition) is 1. The normalized spacial score (nSPS) is 11.8. The van der Waals surface area contributed by atoms with Crippen molar-refractivity contribution in [3.05, 3.63) is 35.2 Å². The maximum absolute atomic E-state index is 12.2. The molecule has 110 valence electrons. The van der Waals surface area contributed by atoms with Crippen LogP contribution in [-0.4, -0.2) is 27.7 Å². The molecule has 1 atom stereocenters. The number of hydrogen-bond acceptors (Lipinski definition) is 6. The van der Waals surface area contributed by atoms with Gasteiger partial charge in [0.25, 0.3) is 10.9 Å². The quantitative estimate of drug-likeness (QED) is 0.528. The van der Waals surface area contributed by atoms with Crippen LogP contribution in [0.2, 0.25) is 0 Å². The van der Waals surface area contributed by atoms with E-state index in [0.29, 0.717) is 10.2 Å². The minimum absolute atomic E-state index is 0.179. The van der Waals surface area contributed by atoms with Gasteiger partial charge in [0.2, 0.25) is 0 Å². The number of nitrogens with one attached hydrogen (secondary N) is 1. The molecule has 1 unspecified atom stereocenters. The Morgan fingerprint density at radius 1 is 1.38 bits per heavy atom. The average molecular weight is 324 g/mol. The van der Waals surface area contributed by atoms with Gasteiger partial charge < -0.3 is 9.29 Å². The Kier molecular flexibility index (Phi) is 4.94. The van der Waals surface area contributed by atoms with Crippen LogP contribution < -0.4 is 10.1 Å². The summed E-state index contributed by atoms with van der Waals surface area (Å²) in [6, 6.07) is 6.40. The number of carbonyl (C=O) groups excluding carboxylic acids is 2. The maximum atomic E-state index is 12.2. The van der Waals surface area contributed by atoms with Gasteiger partial charge in [0.15, 0.2) is 5.13 Å². The Labute approximate surface area is 128 Å². The highest BCUT2D eigenvalue weighted by molar-refractivity contribution is 7.90. The van der Waals surface area contributed by atoms with Gasteiger partial charge in [0, 0.05) is 18.1 Å². The Morgan fingerprint density at radius 2 is 2.10 bits per heavy atom. The van der Waals surface area contributed by atoms with Crippen molar-refractivity contribution in [3.63, 3.8) is 0 Å². The second-order valence-electron chi connectivity index (χ2n) is 3.99. The molecule has 0 aliphatic rings. The van der Waals surface area contributed by atoms with Crippen LogP contribution in [0.3, 0.4) is 0 Å². The first-order valence-electron chi connectivity index (χ1n) is 5.85. The monoisotopic (exact) mass is 324 g/mol. The number of anilines is 1. The van der Waals surface area contributed by atoms with Crippen molar-refractivity contribution in [2.75, 3.05) is 11.6 Å². The van der Waals surface area contributed by atoms with Crippen LogP contribution >= 0.6 is 11.3 Å². The first-order valence-corrected chi connectivity index (χ1v) is 8.29. The SMILES string of the molecule is CC(=O)Oc1ccccc1C(=O)Nc1nc([S+](C)[O-])cs1. The highest BCUT2D eigenvalue weighted by Crippen LogP contribution is 2.23. The number of thiazole rings is 1. The lowest BCUT2D eigenvalue weighted by Gasteiger charge is -2.07. The van der Waals surface area contributed by atoms with E-state index in [9.17, 15) is 14.1 Å². The van der Waals surface area contributed by atoms with E-state index in [0.717, 1.165) is 0 Å². The van der Waals surface area contributed by atoms with Gasteiger partial charge in [-0.15, -0.1) is 0 Å². The first kappa shape index (κ1) is 15.5. The molecule has 1 aromatic carbocycles. The largest absolute Gasteiger partial charge is 0.610 e. The van der Waals surface area contributed by atoms with Crippen LogP contribution in [0.25, 0.3) is 0 Å². The number of amides is 1. The summed E-state index contributed by atoms with van der Waals surface area (Å²) in [6.45, 7) is 1.26. The minimum atomic E-state index is -1.20. The van der Waals surface area contributed by atoms with Gasteiger partial charge in [-0.1, -0.05) is 23.5 Å². The van der Waals surface area contributed by atoms with E-state index < -0.39 is 23.1 Å². The molecule has 1 aromatic heterocycles. The van der Waals surface area contributed by atoms with E-state index in [2.05, 4.69) is 10.3 Å². The molecule has 21 heavy (non-hydrogen) atoms. The molecule has 1 N–H and O–H groups in total. The summed E-state index contributed by atoms with van der Waals surface area (Å²) >= 11 is -0.0242. The molecule has 0 spiro atoms. The molecule has 0 aliphatic carbocycles. The zero-order valence-electron chi connectivity index (χ0n) is 11.3. The Morgan fingerprint density at radius 3 is 2.71 bits per heavy atom. The smallest absolute Gasteiger partial charge is 0.308 e. The molecule has 2 rings (SSSR count). The third-order valence-corrected chi connectivity index (χ3v) is 4.09. The van der Waals surface area contributed by atoms with Crippen molar-refractivity contribution >= 4 is 39.5 Å². The third-order valence-electron chi connectivity index (χ3n) is 2.38. The molecule has 0 aliphatic heterocycles. The molecule has 0 fully saturated rings. The van der Waals surface area contributed by atoms with Gasteiger partial charge in [0.05, 0.1) is 10.9 Å². The number of benzene rings is 1. The topological polar surface area (TPSA) is 91.4 Å². The van der Waals surface area contributed by atoms with Crippen LogP contribution in [0, 0.1) is 0 Å². The highest BCUT2D eigenvalue weighted by Gasteiger charge is 2.16. The summed E-state index contributed by atoms with van der Waals surface area (Å²) in [6.07, 6.45) is 1.51. The van der Waals surface area contributed by atoms with Crippen LogP contribution in [0.15, 0.2) is 34.7 Å². The number of ether oxygens (including phenoxy) is 1. The van der Waals surface area contributed by atoms with Crippen molar-refractivity contribution in [1.82, 2.24) is 4.98 Å². The third kappa shape index (κ3) is 4.03. The zero-order valence-corrected chi connectivity index (χ0v) is 12.9. The van der Waals surface area contributed by atoms with Crippen LogP contribution in [-0.2, 0) is 16.0 Å². The summed E-state index contributed by atoms with van der Waals surface area (Å²) in [5.74, 6) is -0.777. The molecule has 2 aromatic rings. The fraction of sp³-hybridized carbons (Fsp3) is 0.154. The van der Waals surface area contributed by atoms with E-state index in [4.69, 9.17) is 4.74 Å². The molecule has 0 bridgehead atoms. The van der Waals surface area contributed by atoms with Crippen LogP contribution in [0.4, 0.5) is 5.13 Å². The number of aromatic nitrogens is 1. The molecular formula is C13H12N2O4S2. The summed E-state index contributed by atoms with van der Waals surface area (Å²) in [5, 5.41) is 4.95. The fourth-order valence-corrected chi connectivity index (χ4v) is 3.04. The number of carbonyl (C=O) groups is 2. The van der Waals surface area contributed by atoms with Crippen molar-refractivity contribution in [2.24, 2.45) is 0 Å². The lowest BCUT2D eigenvalue weighted by Crippen LogP contribution is -2.14. The summed E-state index contributed by atoms with van der Waals surface area (Å²) in [4.78, 5) is 27.3. The molecule has 0 radical (unpaired) electrons. The van der Waals surface area contributed by atoms with Crippen molar-refractivity contribution < 1.29 is 18.9 Å². The predicted molar refractivity (Wildman–Crippen MR) is 80.2 cm³/mol. The van der Waals surface area contributed by atoms with Crippen LogP contribution in [0.1, 0.15) is 17.3 Å². The number of rotatable bonds is 4. The molecule has 6 nitrogen and oxygen atoms in total. The number of esters is 1. The van der Waals surface area contributed by atoms with E-state index in [-0.39, 0.29) is 11.3 Å². The van der Waals surface area contributed by atoms with Gasteiger partial charge >= 0.3 is 5.97 Å². The molecule has 1 heterocycles. The summed E-state index contributed by atoms with van der Waals surface area (Å²) in [7, 11) is 0. The molecular weight excluding hydrogens is 312 g/mol. The molecule has 0 saturated heterocycles. The fourth-order valence-electron chi connectivity index (χ4n) is 1.51. The second kappa shape index (κ2) is 6.70. The van der Waals surface area contributed by atoms with Gasteiger partial charge in [-0.05, 0) is 12.1 Å².